The summed E-state index contributed by atoms with van der Waals surface area (Å²) >= 11 is 0. The van der Waals surface area contributed by atoms with Gasteiger partial charge in [-0.25, -0.2) is 4.98 Å². The van der Waals surface area contributed by atoms with Gasteiger partial charge in [-0.3, -0.25) is 9.78 Å². The largest absolute Gasteiger partial charge is 0.474 e. The summed E-state index contributed by atoms with van der Waals surface area (Å²) in [6.45, 7) is 0.685. The summed E-state index contributed by atoms with van der Waals surface area (Å²) in [7, 11) is 1.75. The van der Waals surface area contributed by atoms with Crippen molar-refractivity contribution in [2.75, 3.05) is 13.7 Å². The topological polar surface area (TPSA) is 64.6 Å². The van der Waals surface area contributed by atoms with E-state index in [0.717, 1.165) is 25.7 Å². The van der Waals surface area contributed by atoms with Crippen molar-refractivity contribution in [3.8, 4) is 5.88 Å². The Morgan fingerprint density at radius 2 is 1.96 bits per heavy atom. The van der Waals surface area contributed by atoms with E-state index in [1.165, 1.54) is 0 Å². The number of pyridine rings is 2. The quantitative estimate of drug-likeness (QED) is 0.846. The number of hydrogen-bond donors (Lipinski definition) is 0. The Kier molecular flexibility index (Phi) is 4.59. The molecule has 3 heterocycles. The van der Waals surface area contributed by atoms with Gasteiger partial charge in [0.25, 0.3) is 5.91 Å². The maximum Gasteiger partial charge on any atom is 0.272 e. The Bertz CT molecular complexity index is 755. The van der Waals surface area contributed by atoms with Crippen LogP contribution >= 0.6 is 0 Å². The van der Waals surface area contributed by atoms with Gasteiger partial charge in [0.2, 0.25) is 5.88 Å². The summed E-state index contributed by atoms with van der Waals surface area (Å²) in [5.41, 5.74) is 0.196. The number of hydrogen-bond acceptors (Lipinski definition) is 5. The molecule has 1 saturated carbocycles. The normalized spacial score (nSPS) is 27.8. The first-order valence-electron chi connectivity index (χ1n) is 9.07. The van der Waals surface area contributed by atoms with Crippen molar-refractivity contribution >= 4 is 5.91 Å². The molecule has 1 saturated heterocycles. The first kappa shape index (κ1) is 17.0. The molecule has 1 aliphatic heterocycles. The van der Waals surface area contributed by atoms with Crippen molar-refractivity contribution in [3.63, 3.8) is 0 Å². The second-order valence-electron chi connectivity index (χ2n) is 6.93. The summed E-state index contributed by atoms with van der Waals surface area (Å²) in [6, 6.07) is 11.1. The lowest BCUT2D eigenvalue weighted by atomic mass is 9.79. The van der Waals surface area contributed by atoms with Crippen molar-refractivity contribution in [1.29, 1.82) is 0 Å². The highest BCUT2D eigenvalue weighted by molar-refractivity contribution is 5.92. The Balaban J connectivity index is 1.54. The third-order valence-electron chi connectivity index (χ3n) is 5.61. The van der Waals surface area contributed by atoms with E-state index in [-0.39, 0.29) is 23.7 Å². The summed E-state index contributed by atoms with van der Waals surface area (Å²) in [5, 5.41) is 0. The SMILES string of the molecule is CO[C@@]12CC[C@@H](Oc3ccccn3)C[C@@H]1N(C(=O)c1ccccn1)CC2. The van der Waals surface area contributed by atoms with E-state index in [9.17, 15) is 4.79 Å². The molecule has 0 N–H and O–H groups in total. The number of ether oxygens (including phenoxy) is 2. The number of rotatable bonds is 4. The van der Waals surface area contributed by atoms with E-state index in [1.807, 2.05) is 35.2 Å². The molecule has 6 heteroatoms. The fourth-order valence-corrected chi connectivity index (χ4v) is 4.24. The zero-order valence-electron chi connectivity index (χ0n) is 14.9. The lowest BCUT2D eigenvalue weighted by Gasteiger charge is -2.43. The van der Waals surface area contributed by atoms with E-state index < -0.39 is 0 Å². The van der Waals surface area contributed by atoms with Crippen LogP contribution in [0.5, 0.6) is 5.88 Å². The summed E-state index contributed by atoms with van der Waals surface area (Å²) in [4.78, 5) is 23.4. The van der Waals surface area contributed by atoms with E-state index in [4.69, 9.17) is 9.47 Å². The highest BCUT2D eigenvalue weighted by Crippen LogP contribution is 2.43. The Hall–Kier alpha value is -2.47. The lowest BCUT2D eigenvalue weighted by molar-refractivity contribution is -0.0789. The molecule has 2 aromatic rings. The first-order valence-corrected chi connectivity index (χ1v) is 9.07. The van der Waals surface area contributed by atoms with Gasteiger partial charge in [-0.2, -0.15) is 0 Å². The van der Waals surface area contributed by atoms with Crippen LogP contribution in [0, 0.1) is 0 Å². The van der Waals surface area contributed by atoms with Crippen LogP contribution in [-0.4, -0.2) is 52.2 Å². The van der Waals surface area contributed by atoms with E-state index >= 15 is 0 Å². The number of aromatic nitrogens is 2. The average molecular weight is 353 g/mol. The Labute approximate surface area is 153 Å². The molecule has 2 aromatic heterocycles. The van der Waals surface area contributed by atoms with E-state index in [0.29, 0.717) is 18.1 Å². The number of fused-ring (bicyclic) bond motifs is 1. The van der Waals surface area contributed by atoms with Gasteiger partial charge in [0.15, 0.2) is 0 Å². The molecule has 136 valence electrons. The minimum Gasteiger partial charge on any atom is -0.474 e. The molecule has 26 heavy (non-hydrogen) atoms. The molecule has 0 spiro atoms. The van der Waals surface area contributed by atoms with Crippen molar-refractivity contribution in [2.45, 2.75) is 43.4 Å². The molecule has 1 amide bonds. The van der Waals surface area contributed by atoms with Crippen molar-refractivity contribution < 1.29 is 14.3 Å². The molecule has 0 unspecified atom stereocenters. The van der Waals surface area contributed by atoms with Crippen LogP contribution in [0.2, 0.25) is 0 Å². The number of carbonyl (C=O) groups is 1. The van der Waals surface area contributed by atoms with E-state index in [2.05, 4.69) is 9.97 Å². The smallest absolute Gasteiger partial charge is 0.272 e. The van der Waals surface area contributed by atoms with Crippen LogP contribution in [0.1, 0.15) is 36.2 Å². The zero-order chi connectivity index (χ0) is 18.0. The van der Waals surface area contributed by atoms with E-state index in [1.54, 1.807) is 25.6 Å². The van der Waals surface area contributed by atoms with Crippen LogP contribution < -0.4 is 4.74 Å². The average Bonchev–Trinajstić information content (AvgIpc) is 3.08. The second kappa shape index (κ2) is 7.03. The van der Waals surface area contributed by atoms with Gasteiger partial charge in [0.05, 0.1) is 11.6 Å². The maximum atomic E-state index is 13.0. The van der Waals surface area contributed by atoms with Crippen LogP contribution in [0.25, 0.3) is 0 Å². The molecule has 0 bridgehead atoms. The molecule has 0 aromatic carbocycles. The third-order valence-corrected chi connectivity index (χ3v) is 5.61. The highest BCUT2D eigenvalue weighted by atomic mass is 16.5. The molecular weight excluding hydrogens is 330 g/mol. The maximum absolute atomic E-state index is 13.0. The summed E-state index contributed by atoms with van der Waals surface area (Å²) in [5.74, 6) is 0.594. The zero-order valence-corrected chi connectivity index (χ0v) is 14.9. The van der Waals surface area contributed by atoms with Crippen molar-refractivity contribution in [1.82, 2.24) is 14.9 Å². The fourth-order valence-electron chi connectivity index (χ4n) is 4.24. The molecule has 2 fully saturated rings. The van der Waals surface area contributed by atoms with Gasteiger partial charge in [0.1, 0.15) is 11.8 Å². The lowest BCUT2D eigenvalue weighted by Crippen LogP contribution is -2.53. The second-order valence-corrected chi connectivity index (χ2v) is 6.93. The molecular formula is C20H23N3O3. The van der Waals surface area contributed by atoms with Crippen molar-refractivity contribution in [3.05, 3.63) is 54.5 Å². The Morgan fingerprint density at radius 1 is 1.15 bits per heavy atom. The van der Waals surface area contributed by atoms with Crippen LogP contribution in [0.3, 0.4) is 0 Å². The van der Waals surface area contributed by atoms with Gasteiger partial charge >= 0.3 is 0 Å². The summed E-state index contributed by atoms with van der Waals surface area (Å²) < 4.78 is 12.0. The number of methoxy groups -OCH3 is 1. The van der Waals surface area contributed by atoms with Crippen LogP contribution in [0.4, 0.5) is 0 Å². The molecule has 4 rings (SSSR count). The predicted octanol–water partition coefficient (Wildman–Crippen LogP) is 2.71. The molecule has 6 nitrogen and oxygen atoms in total. The van der Waals surface area contributed by atoms with Crippen LogP contribution in [0.15, 0.2) is 48.8 Å². The molecule has 2 aliphatic rings. The van der Waals surface area contributed by atoms with Gasteiger partial charge in [-0.05, 0) is 37.5 Å². The molecule has 0 radical (unpaired) electrons. The Morgan fingerprint density at radius 3 is 2.65 bits per heavy atom. The van der Waals surface area contributed by atoms with Crippen molar-refractivity contribution in [2.24, 2.45) is 0 Å². The van der Waals surface area contributed by atoms with Gasteiger partial charge < -0.3 is 14.4 Å². The first-order chi connectivity index (χ1) is 12.7. The summed E-state index contributed by atoms with van der Waals surface area (Å²) in [6.07, 6.45) is 6.76. The molecule has 3 atom stereocenters. The van der Waals surface area contributed by atoms with Gasteiger partial charge in [0, 0.05) is 38.5 Å². The van der Waals surface area contributed by atoms with Gasteiger partial charge in [-0.1, -0.05) is 12.1 Å². The fraction of sp³-hybridized carbons (Fsp3) is 0.450. The van der Waals surface area contributed by atoms with Crippen LogP contribution in [-0.2, 0) is 4.74 Å². The third kappa shape index (κ3) is 3.05. The highest BCUT2D eigenvalue weighted by Gasteiger charge is 2.53. The minimum absolute atomic E-state index is 0.00975. The number of nitrogens with zero attached hydrogens (tertiary/aromatic N) is 3. The molecule has 1 aliphatic carbocycles. The standard InChI is InChI=1S/C20H23N3O3/c1-25-20-9-8-15(26-18-7-3-5-12-22-18)14-17(20)23(13-10-20)19(24)16-6-2-4-11-21-16/h2-7,11-12,15,17H,8-10,13-14H2,1H3/t15-,17+,20-/m1/s1. The van der Waals surface area contributed by atoms with Gasteiger partial charge in [-0.15, -0.1) is 0 Å². The number of amides is 1. The minimum atomic E-state index is -0.283. The predicted molar refractivity (Wildman–Crippen MR) is 95.9 cm³/mol. The number of carbonyl (C=O) groups excluding carboxylic acids is 1. The monoisotopic (exact) mass is 353 g/mol. The number of likely N-dealkylation sites (tertiary alicyclic amines) is 1.